The standard InChI is InChI=1S/C21H25N5O2S/c1-15-11-19(16(2)25(15)12-17-7-4-3-5-8-17)20(27)14-29-21-22-23-24-26(21)13-18-9-6-10-28-18/h3-5,7-8,11,18H,6,9-10,12-14H2,1-2H3. The van der Waals surface area contributed by atoms with E-state index in [4.69, 9.17) is 4.74 Å². The number of Topliss-reactive ketones (excluding diaryl/α,β-unsaturated/α-hetero) is 1. The lowest BCUT2D eigenvalue weighted by Gasteiger charge is -2.10. The second-order valence-corrected chi connectivity index (χ2v) is 8.29. The van der Waals surface area contributed by atoms with Crippen LogP contribution in [0.2, 0.25) is 0 Å². The largest absolute Gasteiger partial charge is 0.376 e. The van der Waals surface area contributed by atoms with Crippen molar-refractivity contribution in [1.82, 2.24) is 24.8 Å². The zero-order valence-corrected chi connectivity index (χ0v) is 17.6. The van der Waals surface area contributed by atoms with Crippen LogP contribution in [0.4, 0.5) is 0 Å². The van der Waals surface area contributed by atoms with Gasteiger partial charge in [-0.15, -0.1) is 5.10 Å². The molecule has 1 atom stereocenters. The molecule has 7 nitrogen and oxygen atoms in total. The number of ketones is 1. The van der Waals surface area contributed by atoms with Gasteiger partial charge in [0, 0.05) is 30.1 Å². The molecule has 1 aliphatic rings. The highest BCUT2D eigenvalue weighted by Crippen LogP contribution is 2.22. The molecule has 0 saturated carbocycles. The second kappa shape index (κ2) is 8.92. The van der Waals surface area contributed by atoms with Gasteiger partial charge < -0.3 is 9.30 Å². The highest BCUT2D eigenvalue weighted by atomic mass is 32.2. The number of nitrogens with zero attached hydrogens (tertiary/aromatic N) is 5. The van der Waals surface area contributed by atoms with Gasteiger partial charge in [0.25, 0.3) is 0 Å². The molecule has 29 heavy (non-hydrogen) atoms. The van der Waals surface area contributed by atoms with E-state index in [1.807, 2.05) is 38.1 Å². The lowest BCUT2D eigenvalue weighted by atomic mass is 10.2. The Balaban J connectivity index is 1.42. The SMILES string of the molecule is Cc1cc(C(=O)CSc2nnnn2CC2CCCO2)c(C)n1Cc1ccccc1. The zero-order chi connectivity index (χ0) is 20.2. The molecule has 1 saturated heterocycles. The third-order valence-electron chi connectivity index (χ3n) is 5.29. The summed E-state index contributed by atoms with van der Waals surface area (Å²) in [6.45, 7) is 6.25. The van der Waals surface area contributed by atoms with E-state index < -0.39 is 0 Å². The molecular weight excluding hydrogens is 386 g/mol. The van der Waals surface area contributed by atoms with E-state index in [2.05, 4.69) is 32.2 Å². The summed E-state index contributed by atoms with van der Waals surface area (Å²) in [4.78, 5) is 12.9. The molecule has 3 heterocycles. The molecule has 0 aliphatic carbocycles. The lowest BCUT2D eigenvalue weighted by molar-refractivity contribution is 0.0912. The smallest absolute Gasteiger partial charge is 0.209 e. The summed E-state index contributed by atoms with van der Waals surface area (Å²) in [7, 11) is 0. The van der Waals surface area contributed by atoms with Crippen LogP contribution in [0.25, 0.3) is 0 Å². The predicted octanol–water partition coefficient (Wildman–Crippen LogP) is 3.29. The number of hydrogen-bond acceptors (Lipinski definition) is 6. The first-order valence-corrected chi connectivity index (χ1v) is 10.8. The zero-order valence-electron chi connectivity index (χ0n) is 16.7. The van der Waals surface area contributed by atoms with Crippen LogP contribution >= 0.6 is 11.8 Å². The number of benzene rings is 1. The molecular formula is C21H25N5O2S. The Morgan fingerprint density at radius 2 is 2.10 bits per heavy atom. The average molecular weight is 412 g/mol. The molecule has 1 unspecified atom stereocenters. The van der Waals surface area contributed by atoms with Gasteiger partial charge in [-0.3, -0.25) is 4.79 Å². The minimum absolute atomic E-state index is 0.0917. The molecule has 0 spiro atoms. The Hall–Kier alpha value is -2.45. The monoisotopic (exact) mass is 411 g/mol. The number of ether oxygens (including phenoxy) is 1. The molecule has 8 heteroatoms. The molecule has 2 aromatic heterocycles. The summed E-state index contributed by atoms with van der Waals surface area (Å²) in [6.07, 6.45) is 2.26. The molecule has 152 valence electrons. The van der Waals surface area contributed by atoms with Crippen molar-refractivity contribution in [3.63, 3.8) is 0 Å². The first-order chi connectivity index (χ1) is 14.1. The van der Waals surface area contributed by atoms with Crippen LogP contribution in [-0.2, 0) is 17.8 Å². The fourth-order valence-electron chi connectivity index (χ4n) is 3.70. The van der Waals surface area contributed by atoms with E-state index in [1.165, 1.54) is 17.3 Å². The van der Waals surface area contributed by atoms with Gasteiger partial charge in [-0.1, -0.05) is 42.1 Å². The molecule has 4 rings (SSSR count). The Labute approximate surface area is 174 Å². The fraction of sp³-hybridized carbons (Fsp3) is 0.429. The molecule has 0 N–H and O–H groups in total. The molecule has 0 bridgehead atoms. The Morgan fingerprint density at radius 3 is 2.86 bits per heavy atom. The van der Waals surface area contributed by atoms with Crippen LogP contribution in [0, 0.1) is 13.8 Å². The maximum Gasteiger partial charge on any atom is 0.209 e. The summed E-state index contributed by atoms with van der Waals surface area (Å²) in [5.41, 5.74) is 4.07. The van der Waals surface area contributed by atoms with Crippen LogP contribution in [0.3, 0.4) is 0 Å². The number of rotatable bonds is 8. The third-order valence-corrected chi connectivity index (χ3v) is 6.25. The van der Waals surface area contributed by atoms with E-state index in [0.717, 1.165) is 42.9 Å². The Morgan fingerprint density at radius 1 is 1.28 bits per heavy atom. The number of thioether (sulfide) groups is 1. The molecule has 1 aliphatic heterocycles. The molecule has 1 aromatic carbocycles. The van der Waals surface area contributed by atoms with Crippen molar-refractivity contribution in [3.8, 4) is 0 Å². The summed E-state index contributed by atoms with van der Waals surface area (Å²) < 4.78 is 9.59. The highest BCUT2D eigenvalue weighted by molar-refractivity contribution is 7.99. The number of aryl methyl sites for hydroxylation is 1. The van der Waals surface area contributed by atoms with Gasteiger partial charge in [-0.2, -0.15) is 0 Å². The van der Waals surface area contributed by atoms with Gasteiger partial charge in [-0.05, 0) is 48.7 Å². The lowest BCUT2D eigenvalue weighted by Crippen LogP contribution is -2.17. The van der Waals surface area contributed by atoms with Crippen LogP contribution < -0.4 is 0 Å². The number of hydrogen-bond donors (Lipinski definition) is 0. The summed E-state index contributed by atoms with van der Waals surface area (Å²) >= 11 is 1.38. The van der Waals surface area contributed by atoms with Crippen molar-refractivity contribution in [2.45, 2.75) is 51.0 Å². The Kier molecular flexibility index (Phi) is 6.10. The van der Waals surface area contributed by atoms with Gasteiger partial charge >= 0.3 is 0 Å². The highest BCUT2D eigenvalue weighted by Gasteiger charge is 2.21. The first-order valence-electron chi connectivity index (χ1n) is 9.86. The quantitative estimate of drug-likeness (QED) is 0.418. The van der Waals surface area contributed by atoms with Crippen molar-refractivity contribution in [3.05, 3.63) is 58.9 Å². The number of carbonyl (C=O) groups is 1. The number of aromatic nitrogens is 5. The number of tetrazole rings is 1. The maximum atomic E-state index is 12.9. The molecule has 1 fully saturated rings. The van der Waals surface area contributed by atoms with Gasteiger partial charge in [0.15, 0.2) is 5.78 Å². The van der Waals surface area contributed by atoms with Crippen molar-refractivity contribution in [2.75, 3.05) is 12.4 Å². The minimum Gasteiger partial charge on any atom is -0.376 e. The van der Waals surface area contributed by atoms with Crippen molar-refractivity contribution in [2.24, 2.45) is 0 Å². The van der Waals surface area contributed by atoms with E-state index >= 15 is 0 Å². The van der Waals surface area contributed by atoms with E-state index in [-0.39, 0.29) is 11.9 Å². The Bertz CT molecular complexity index is 976. The van der Waals surface area contributed by atoms with Gasteiger partial charge in [0.05, 0.1) is 18.4 Å². The number of carbonyl (C=O) groups excluding carboxylic acids is 1. The van der Waals surface area contributed by atoms with Gasteiger partial charge in [0.2, 0.25) is 5.16 Å². The van der Waals surface area contributed by atoms with Crippen LogP contribution in [0.15, 0.2) is 41.6 Å². The normalized spacial score (nSPS) is 16.4. The van der Waals surface area contributed by atoms with Crippen LogP contribution in [0.1, 0.15) is 40.2 Å². The summed E-state index contributed by atoms with van der Waals surface area (Å²) in [5.74, 6) is 0.399. The van der Waals surface area contributed by atoms with Gasteiger partial charge in [0.1, 0.15) is 0 Å². The van der Waals surface area contributed by atoms with Gasteiger partial charge in [-0.25, -0.2) is 4.68 Å². The third kappa shape index (κ3) is 4.59. The predicted molar refractivity (Wildman–Crippen MR) is 111 cm³/mol. The van der Waals surface area contributed by atoms with Crippen molar-refractivity contribution < 1.29 is 9.53 Å². The fourth-order valence-corrected chi connectivity index (χ4v) is 4.47. The van der Waals surface area contributed by atoms with Crippen LogP contribution in [0.5, 0.6) is 0 Å². The molecule has 0 radical (unpaired) electrons. The second-order valence-electron chi connectivity index (χ2n) is 7.35. The first kappa shape index (κ1) is 19.8. The summed E-state index contributed by atoms with van der Waals surface area (Å²) in [6, 6.07) is 12.3. The van der Waals surface area contributed by atoms with Crippen molar-refractivity contribution >= 4 is 17.5 Å². The van der Waals surface area contributed by atoms with E-state index in [0.29, 0.717) is 17.5 Å². The van der Waals surface area contributed by atoms with Crippen molar-refractivity contribution in [1.29, 1.82) is 0 Å². The molecule has 3 aromatic rings. The molecule has 0 amide bonds. The average Bonchev–Trinajstić information content (AvgIpc) is 3.46. The topological polar surface area (TPSA) is 74.8 Å². The van der Waals surface area contributed by atoms with Crippen LogP contribution in [-0.4, -0.2) is 49.0 Å². The van der Waals surface area contributed by atoms with E-state index in [1.54, 1.807) is 4.68 Å². The summed E-state index contributed by atoms with van der Waals surface area (Å²) in [5, 5.41) is 12.6. The maximum absolute atomic E-state index is 12.9. The van der Waals surface area contributed by atoms with E-state index in [9.17, 15) is 4.79 Å². The minimum atomic E-state index is 0.0917.